The predicted octanol–water partition coefficient (Wildman–Crippen LogP) is 3.71. The molecule has 2 aliphatic rings. The summed E-state index contributed by atoms with van der Waals surface area (Å²) in [6.45, 7) is 6.13. The molecular formula is C21H24F6N4O6S. The molecule has 4 heterocycles. The van der Waals surface area contributed by atoms with Crippen molar-refractivity contribution < 1.29 is 55.6 Å². The number of aromatic nitrogens is 3. The summed E-state index contributed by atoms with van der Waals surface area (Å²) in [5, 5.41) is 24.6. The Morgan fingerprint density at radius 2 is 1.66 bits per heavy atom. The van der Waals surface area contributed by atoms with Gasteiger partial charge in [0, 0.05) is 25.6 Å². The second-order valence-corrected chi connectivity index (χ2v) is 9.32. The number of carboxylic acids is 2. The number of pyridine rings is 1. The quantitative estimate of drug-likeness (QED) is 0.388. The largest absolute Gasteiger partial charge is 0.490 e. The van der Waals surface area contributed by atoms with Crippen molar-refractivity contribution in [3.63, 3.8) is 0 Å². The van der Waals surface area contributed by atoms with Crippen LogP contribution >= 0.6 is 11.3 Å². The number of aryl methyl sites for hydroxylation is 1. The van der Waals surface area contributed by atoms with Crippen molar-refractivity contribution in [2.75, 3.05) is 31.2 Å². The SMILES string of the molecule is Cc1nnc(N2CC3(C2)OCCC3CCOCc2ccncc2)s1.O=C(O)C(F)(F)F.O=C(O)C(F)(F)F. The Kier molecular flexibility index (Phi) is 10.8. The van der Waals surface area contributed by atoms with Crippen molar-refractivity contribution in [2.24, 2.45) is 5.92 Å². The normalized spacial score (nSPS) is 18.1. The van der Waals surface area contributed by atoms with Crippen LogP contribution in [0.2, 0.25) is 0 Å². The summed E-state index contributed by atoms with van der Waals surface area (Å²) in [6.07, 6.45) is -4.39. The highest BCUT2D eigenvalue weighted by Gasteiger charge is 2.53. The molecular weight excluding hydrogens is 550 g/mol. The monoisotopic (exact) mass is 574 g/mol. The van der Waals surface area contributed by atoms with Crippen LogP contribution < -0.4 is 4.90 Å². The van der Waals surface area contributed by atoms with Gasteiger partial charge in [0.2, 0.25) is 5.13 Å². The number of halogens is 6. The molecule has 4 rings (SSSR count). The Hall–Kier alpha value is -3.05. The number of rotatable bonds is 6. The molecule has 2 aromatic heterocycles. The Labute approximate surface area is 216 Å². The summed E-state index contributed by atoms with van der Waals surface area (Å²) in [7, 11) is 0. The van der Waals surface area contributed by atoms with E-state index < -0.39 is 24.3 Å². The van der Waals surface area contributed by atoms with Crippen molar-refractivity contribution in [3.05, 3.63) is 35.1 Å². The summed E-state index contributed by atoms with van der Waals surface area (Å²) in [5.74, 6) is -4.94. The van der Waals surface area contributed by atoms with Crippen LogP contribution in [0.4, 0.5) is 31.5 Å². The van der Waals surface area contributed by atoms with E-state index in [9.17, 15) is 26.3 Å². The van der Waals surface area contributed by atoms with Gasteiger partial charge in [-0.15, -0.1) is 10.2 Å². The highest BCUT2D eigenvalue weighted by molar-refractivity contribution is 7.15. The maximum atomic E-state index is 10.6. The number of ether oxygens (including phenoxy) is 2. The Morgan fingerprint density at radius 3 is 2.13 bits per heavy atom. The van der Waals surface area contributed by atoms with Crippen LogP contribution in [0.25, 0.3) is 0 Å². The lowest BCUT2D eigenvalue weighted by Gasteiger charge is -2.50. The van der Waals surface area contributed by atoms with E-state index in [-0.39, 0.29) is 5.60 Å². The van der Waals surface area contributed by atoms with Gasteiger partial charge in [-0.1, -0.05) is 11.3 Å². The molecule has 10 nitrogen and oxygen atoms in total. The standard InChI is InChI=1S/C17H22N4O2S.2C2HF3O2/c1-13-19-20-16(24-13)21-11-17(12-21)15(5-9-23-17)4-8-22-10-14-2-6-18-7-3-14;2*3-2(4,5)1(6)7/h2-3,6-7,15H,4-5,8-12H2,1H3;2*(H,6,7). The van der Waals surface area contributed by atoms with Crippen molar-refractivity contribution in [1.82, 2.24) is 15.2 Å². The topological polar surface area (TPSA) is 135 Å². The first-order chi connectivity index (χ1) is 17.6. The molecule has 0 saturated carbocycles. The third kappa shape index (κ3) is 9.36. The van der Waals surface area contributed by atoms with Crippen molar-refractivity contribution >= 4 is 28.4 Å². The number of carbonyl (C=O) groups is 2. The van der Waals surface area contributed by atoms with Crippen molar-refractivity contribution in [2.45, 2.75) is 44.3 Å². The summed E-state index contributed by atoms with van der Waals surface area (Å²) in [6, 6.07) is 3.99. The van der Waals surface area contributed by atoms with Crippen LogP contribution in [-0.2, 0) is 25.7 Å². The van der Waals surface area contributed by atoms with Gasteiger partial charge in [0.25, 0.3) is 0 Å². The van der Waals surface area contributed by atoms with Gasteiger partial charge in [-0.05, 0) is 43.4 Å². The van der Waals surface area contributed by atoms with Gasteiger partial charge >= 0.3 is 24.3 Å². The van der Waals surface area contributed by atoms with Gasteiger partial charge in [-0.3, -0.25) is 4.98 Å². The second kappa shape index (κ2) is 13.1. The predicted molar refractivity (Wildman–Crippen MR) is 120 cm³/mol. The lowest BCUT2D eigenvalue weighted by atomic mass is 9.79. The summed E-state index contributed by atoms with van der Waals surface area (Å²) in [5.41, 5.74) is 1.17. The van der Waals surface area contributed by atoms with Gasteiger partial charge in [-0.2, -0.15) is 26.3 Å². The molecule has 0 aromatic carbocycles. The average Bonchev–Trinajstić information content (AvgIpc) is 3.42. The molecule has 38 heavy (non-hydrogen) atoms. The van der Waals surface area contributed by atoms with Gasteiger partial charge in [0.1, 0.15) is 10.6 Å². The number of hydrogen-bond donors (Lipinski definition) is 2. The number of hydrogen-bond acceptors (Lipinski definition) is 9. The van der Waals surface area contributed by atoms with E-state index in [1.54, 1.807) is 23.7 Å². The van der Waals surface area contributed by atoms with Crippen molar-refractivity contribution in [3.8, 4) is 0 Å². The zero-order valence-electron chi connectivity index (χ0n) is 19.8. The lowest BCUT2D eigenvalue weighted by molar-refractivity contribution is -0.193. The lowest BCUT2D eigenvalue weighted by Crippen LogP contribution is -2.65. The second-order valence-electron chi connectivity index (χ2n) is 8.16. The Morgan fingerprint density at radius 1 is 1.11 bits per heavy atom. The minimum Gasteiger partial charge on any atom is -0.475 e. The minimum absolute atomic E-state index is 0.000395. The first kappa shape index (κ1) is 31.2. The van der Waals surface area contributed by atoms with Crippen LogP contribution in [-0.4, -0.2) is 81.6 Å². The van der Waals surface area contributed by atoms with Gasteiger partial charge < -0.3 is 24.6 Å². The van der Waals surface area contributed by atoms with Crippen LogP contribution in [0.1, 0.15) is 23.4 Å². The third-order valence-corrected chi connectivity index (χ3v) is 6.32. The molecule has 1 atom stereocenters. The van der Waals surface area contributed by atoms with E-state index >= 15 is 0 Å². The van der Waals surface area contributed by atoms with E-state index in [4.69, 9.17) is 29.3 Å². The van der Waals surface area contributed by atoms with Crippen LogP contribution in [0.15, 0.2) is 24.5 Å². The maximum absolute atomic E-state index is 10.6. The van der Waals surface area contributed by atoms with E-state index in [2.05, 4.69) is 20.1 Å². The molecule has 2 aliphatic heterocycles. The molecule has 17 heteroatoms. The van der Waals surface area contributed by atoms with E-state index in [0.29, 0.717) is 12.5 Å². The highest BCUT2D eigenvalue weighted by Crippen LogP contribution is 2.43. The maximum Gasteiger partial charge on any atom is 0.490 e. The summed E-state index contributed by atoms with van der Waals surface area (Å²) >= 11 is 1.65. The number of nitrogens with zero attached hydrogens (tertiary/aromatic N) is 4. The molecule has 2 fully saturated rings. The molecule has 2 aromatic rings. The number of anilines is 1. The van der Waals surface area contributed by atoms with E-state index in [1.807, 2.05) is 19.1 Å². The fourth-order valence-corrected chi connectivity index (χ4v) is 4.27. The first-order valence-electron chi connectivity index (χ1n) is 10.9. The number of carboxylic acid groups (broad SMARTS) is 2. The Bertz CT molecular complexity index is 1020. The molecule has 1 unspecified atom stereocenters. The fraction of sp³-hybridized carbons (Fsp3) is 0.571. The van der Waals surface area contributed by atoms with Crippen LogP contribution in [0, 0.1) is 12.8 Å². The molecule has 0 amide bonds. The van der Waals surface area contributed by atoms with Gasteiger partial charge in [0.05, 0.1) is 19.7 Å². The average molecular weight is 575 g/mol. The summed E-state index contributed by atoms with van der Waals surface area (Å²) in [4.78, 5) is 24.1. The zero-order chi connectivity index (χ0) is 28.6. The number of aliphatic carboxylic acids is 2. The molecule has 2 saturated heterocycles. The van der Waals surface area contributed by atoms with E-state index in [0.717, 1.165) is 49.3 Å². The molecule has 2 N–H and O–H groups in total. The van der Waals surface area contributed by atoms with Gasteiger partial charge in [0.15, 0.2) is 0 Å². The Balaban J connectivity index is 0.000000301. The summed E-state index contributed by atoms with van der Waals surface area (Å²) < 4.78 is 75.4. The van der Waals surface area contributed by atoms with Crippen LogP contribution in [0.3, 0.4) is 0 Å². The number of alkyl halides is 6. The third-order valence-electron chi connectivity index (χ3n) is 5.42. The van der Waals surface area contributed by atoms with Crippen LogP contribution in [0.5, 0.6) is 0 Å². The minimum atomic E-state index is -5.08. The zero-order valence-corrected chi connectivity index (χ0v) is 20.6. The molecule has 0 bridgehead atoms. The fourth-order valence-electron chi connectivity index (χ4n) is 3.59. The van der Waals surface area contributed by atoms with Gasteiger partial charge in [-0.25, -0.2) is 9.59 Å². The first-order valence-corrected chi connectivity index (χ1v) is 11.7. The van der Waals surface area contributed by atoms with Crippen molar-refractivity contribution in [1.29, 1.82) is 0 Å². The highest BCUT2D eigenvalue weighted by atomic mass is 32.1. The molecule has 212 valence electrons. The molecule has 0 aliphatic carbocycles. The smallest absolute Gasteiger partial charge is 0.475 e. The molecule has 1 spiro atoms. The van der Waals surface area contributed by atoms with E-state index in [1.165, 1.54) is 5.56 Å². The molecule has 0 radical (unpaired) electrons.